The fourth-order valence-corrected chi connectivity index (χ4v) is 11.3. The summed E-state index contributed by atoms with van der Waals surface area (Å²) >= 11 is 0. The van der Waals surface area contributed by atoms with E-state index in [-0.39, 0.29) is 5.41 Å². The van der Waals surface area contributed by atoms with Crippen molar-refractivity contribution in [2.24, 2.45) is 0 Å². The third-order valence-electron chi connectivity index (χ3n) is 14.5. The van der Waals surface area contributed by atoms with Crippen molar-refractivity contribution < 1.29 is 0 Å². The van der Waals surface area contributed by atoms with Gasteiger partial charge in [-0.15, -0.1) is 0 Å². The molecular weight excluding hydrogens is 813 g/mol. The van der Waals surface area contributed by atoms with Crippen LogP contribution in [0.15, 0.2) is 218 Å². The predicted octanol–water partition coefficient (Wildman–Crippen LogP) is 16.3. The van der Waals surface area contributed by atoms with Crippen molar-refractivity contribution >= 4 is 65.3 Å². The molecule has 4 heteroatoms. The Bertz CT molecular complexity index is 4170. The Morgan fingerprint density at radius 2 is 0.881 bits per heavy atom. The van der Waals surface area contributed by atoms with Gasteiger partial charge in [0.05, 0.1) is 33.3 Å². The van der Waals surface area contributed by atoms with Gasteiger partial charge in [-0.25, -0.2) is 9.97 Å². The fourth-order valence-electron chi connectivity index (χ4n) is 11.3. The van der Waals surface area contributed by atoms with Crippen molar-refractivity contribution in [3.05, 3.63) is 230 Å². The summed E-state index contributed by atoms with van der Waals surface area (Å²) in [5.74, 6) is 0.729. The summed E-state index contributed by atoms with van der Waals surface area (Å²) in [5.41, 5.74) is 18.5. The molecule has 3 aromatic heterocycles. The molecule has 0 spiro atoms. The van der Waals surface area contributed by atoms with Gasteiger partial charge in [0.25, 0.3) is 0 Å². The molecule has 14 rings (SSSR count). The van der Waals surface area contributed by atoms with Crippen LogP contribution in [0.1, 0.15) is 25.0 Å². The maximum absolute atomic E-state index is 5.43. The van der Waals surface area contributed by atoms with Crippen LogP contribution in [-0.2, 0) is 5.41 Å². The number of benzene rings is 10. The van der Waals surface area contributed by atoms with E-state index in [0.29, 0.717) is 0 Å². The van der Waals surface area contributed by atoms with Gasteiger partial charge in [0.2, 0.25) is 0 Å². The van der Waals surface area contributed by atoms with Crippen LogP contribution in [0.3, 0.4) is 0 Å². The molecule has 314 valence electrons. The second kappa shape index (κ2) is 14.2. The van der Waals surface area contributed by atoms with Crippen LogP contribution in [0, 0.1) is 0 Å². The first-order valence-electron chi connectivity index (χ1n) is 23.2. The molecule has 0 unspecified atom stereocenters. The van der Waals surface area contributed by atoms with Crippen LogP contribution in [0.25, 0.3) is 122 Å². The number of hydrogen-bond donors (Lipinski definition) is 0. The summed E-state index contributed by atoms with van der Waals surface area (Å²) in [7, 11) is 0. The van der Waals surface area contributed by atoms with Crippen molar-refractivity contribution in [1.82, 2.24) is 19.1 Å². The lowest BCUT2D eigenvalue weighted by molar-refractivity contribution is 0.660. The van der Waals surface area contributed by atoms with Gasteiger partial charge in [0, 0.05) is 60.2 Å². The first-order chi connectivity index (χ1) is 33.0. The summed E-state index contributed by atoms with van der Waals surface area (Å²) in [4.78, 5) is 10.8. The van der Waals surface area contributed by atoms with E-state index >= 15 is 0 Å². The number of nitrogens with zero attached hydrogens (tertiary/aromatic N) is 4. The largest absolute Gasteiger partial charge is 0.309 e. The summed E-state index contributed by atoms with van der Waals surface area (Å²) < 4.78 is 4.77. The minimum atomic E-state index is -0.0715. The SMILES string of the molecule is CC1(C)c2ccccc2-c2cc(-c3nc(-c4ccc(-n5c6ccccc6c6cc(-c7ccc8c(c7)c7ccccc7n8-c7ccccc7)ccc65)cc4)c4ccc5ccccc5c4n3)ccc21. The Labute approximate surface area is 387 Å². The van der Waals surface area contributed by atoms with Crippen molar-refractivity contribution in [1.29, 1.82) is 0 Å². The molecule has 0 amide bonds. The minimum Gasteiger partial charge on any atom is -0.309 e. The van der Waals surface area contributed by atoms with E-state index in [9.17, 15) is 0 Å². The molecule has 0 radical (unpaired) electrons. The highest BCUT2D eigenvalue weighted by atomic mass is 15.0. The summed E-state index contributed by atoms with van der Waals surface area (Å²) in [6, 6.07) is 79.5. The van der Waals surface area contributed by atoms with Gasteiger partial charge in [-0.2, -0.15) is 0 Å². The lowest BCUT2D eigenvalue weighted by Crippen LogP contribution is -2.14. The molecule has 0 bridgehead atoms. The standard InChI is InChI=1S/C63H42N4/c1-63(2)54-21-11-8-18-47(54)51-38-43(27-33-55(51)63)62-64-60(50-32-26-39-14-6-7-17-46(39)61(50)65-62)40-24-30-45(31-25-40)67-57-23-13-10-20-49(57)53-37-42(29-35-59(53)67)41-28-34-58-52(36-41)48-19-9-12-22-56(48)66(58)44-15-4-3-5-16-44/h3-38H,1-2H3. The summed E-state index contributed by atoms with van der Waals surface area (Å²) in [6.07, 6.45) is 0. The average molecular weight is 855 g/mol. The average Bonchev–Trinajstić information content (AvgIpc) is 3.98. The molecule has 0 atom stereocenters. The lowest BCUT2D eigenvalue weighted by Gasteiger charge is -2.21. The second-order valence-electron chi connectivity index (χ2n) is 18.6. The lowest BCUT2D eigenvalue weighted by atomic mass is 9.82. The van der Waals surface area contributed by atoms with Gasteiger partial charge in [-0.3, -0.25) is 0 Å². The highest BCUT2D eigenvalue weighted by Crippen LogP contribution is 2.49. The van der Waals surface area contributed by atoms with Gasteiger partial charge in [-0.05, 0) is 112 Å². The molecule has 67 heavy (non-hydrogen) atoms. The molecule has 0 aliphatic heterocycles. The highest BCUT2D eigenvalue weighted by molar-refractivity contribution is 6.13. The van der Waals surface area contributed by atoms with Gasteiger partial charge < -0.3 is 9.13 Å². The zero-order chi connectivity index (χ0) is 44.4. The molecule has 13 aromatic rings. The zero-order valence-electron chi connectivity index (χ0n) is 37.1. The first kappa shape index (κ1) is 37.7. The maximum Gasteiger partial charge on any atom is 0.160 e. The monoisotopic (exact) mass is 854 g/mol. The summed E-state index contributed by atoms with van der Waals surface area (Å²) in [5, 5.41) is 8.27. The Morgan fingerprint density at radius 1 is 0.343 bits per heavy atom. The molecule has 10 aromatic carbocycles. The van der Waals surface area contributed by atoms with Crippen LogP contribution >= 0.6 is 0 Å². The third-order valence-corrected chi connectivity index (χ3v) is 14.5. The quantitative estimate of drug-likeness (QED) is 0.162. The van der Waals surface area contributed by atoms with E-state index in [1.54, 1.807) is 0 Å². The maximum atomic E-state index is 5.43. The molecule has 1 aliphatic rings. The zero-order valence-corrected chi connectivity index (χ0v) is 37.1. The number of hydrogen-bond acceptors (Lipinski definition) is 2. The highest BCUT2D eigenvalue weighted by Gasteiger charge is 2.35. The minimum absolute atomic E-state index is 0.0715. The Balaban J connectivity index is 0.888. The van der Waals surface area contributed by atoms with Crippen LogP contribution < -0.4 is 0 Å². The molecule has 0 saturated carbocycles. The van der Waals surface area contributed by atoms with E-state index in [1.165, 1.54) is 82.7 Å². The first-order valence-corrected chi connectivity index (χ1v) is 23.2. The molecule has 0 N–H and O–H groups in total. The number of fused-ring (bicyclic) bond motifs is 12. The Morgan fingerprint density at radius 3 is 1.58 bits per heavy atom. The van der Waals surface area contributed by atoms with Crippen LogP contribution in [0.4, 0.5) is 0 Å². The van der Waals surface area contributed by atoms with E-state index in [0.717, 1.165) is 50.0 Å². The molecule has 4 nitrogen and oxygen atoms in total. The van der Waals surface area contributed by atoms with Crippen LogP contribution in [-0.4, -0.2) is 19.1 Å². The second-order valence-corrected chi connectivity index (χ2v) is 18.6. The third kappa shape index (κ3) is 5.60. The van der Waals surface area contributed by atoms with Crippen molar-refractivity contribution in [3.8, 4) is 56.3 Å². The normalized spacial score (nSPS) is 13.0. The van der Waals surface area contributed by atoms with Crippen molar-refractivity contribution in [2.75, 3.05) is 0 Å². The van der Waals surface area contributed by atoms with Gasteiger partial charge in [0.15, 0.2) is 5.82 Å². The van der Waals surface area contributed by atoms with Gasteiger partial charge >= 0.3 is 0 Å². The number of aromatic nitrogens is 4. The van der Waals surface area contributed by atoms with Crippen molar-refractivity contribution in [2.45, 2.75) is 19.3 Å². The van der Waals surface area contributed by atoms with E-state index in [2.05, 4.69) is 241 Å². The fraction of sp³-hybridized carbons (Fsp3) is 0.0476. The Kier molecular flexibility index (Phi) is 8.00. The molecule has 0 saturated heterocycles. The molecule has 0 fully saturated rings. The number of rotatable bonds is 5. The molecule has 1 aliphatic carbocycles. The van der Waals surface area contributed by atoms with Gasteiger partial charge in [-0.1, -0.05) is 159 Å². The predicted molar refractivity (Wildman–Crippen MR) is 280 cm³/mol. The Hall–Kier alpha value is -8.60. The van der Waals surface area contributed by atoms with Gasteiger partial charge in [0.1, 0.15) is 0 Å². The van der Waals surface area contributed by atoms with E-state index in [4.69, 9.17) is 9.97 Å². The van der Waals surface area contributed by atoms with E-state index < -0.39 is 0 Å². The smallest absolute Gasteiger partial charge is 0.160 e. The van der Waals surface area contributed by atoms with E-state index in [1.807, 2.05) is 0 Å². The van der Waals surface area contributed by atoms with Crippen LogP contribution in [0.2, 0.25) is 0 Å². The number of para-hydroxylation sites is 3. The molecular formula is C63H42N4. The van der Waals surface area contributed by atoms with Crippen LogP contribution in [0.5, 0.6) is 0 Å². The van der Waals surface area contributed by atoms with Crippen molar-refractivity contribution in [3.63, 3.8) is 0 Å². The summed E-state index contributed by atoms with van der Waals surface area (Å²) in [6.45, 7) is 4.64. The topological polar surface area (TPSA) is 35.6 Å². The molecule has 3 heterocycles.